The maximum absolute atomic E-state index is 13.3. The van der Waals surface area contributed by atoms with Crippen LogP contribution in [0.3, 0.4) is 0 Å². The molecule has 0 spiro atoms. The molecule has 2 aromatic rings. The molecule has 2 N–H and O–H groups in total. The SMILES string of the molecule is O=C(CCC1Cc2ccccc2NC1=O)Nc1cc(C(F)(F)F)ccc1N1CCCCC1. The van der Waals surface area contributed by atoms with Crippen molar-refractivity contribution in [2.75, 3.05) is 28.6 Å². The molecular formula is C24H26F3N3O2. The molecule has 170 valence electrons. The number of carbonyl (C=O) groups is 2. The number of anilines is 3. The lowest BCUT2D eigenvalue weighted by Crippen LogP contribution is -2.31. The van der Waals surface area contributed by atoms with Gasteiger partial charge in [0.2, 0.25) is 11.8 Å². The number of nitrogens with zero attached hydrogens (tertiary/aromatic N) is 1. The molecule has 2 heterocycles. The molecule has 1 unspecified atom stereocenters. The summed E-state index contributed by atoms with van der Waals surface area (Å²) in [5.74, 6) is -0.877. The number of halogens is 3. The van der Waals surface area contributed by atoms with Crippen molar-refractivity contribution >= 4 is 28.9 Å². The van der Waals surface area contributed by atoms with E-state index >= 15 is 0 Å². The first kappa shape index (κ1) is 22.2. The van der Waals surface area contributed by atoms with E-state index in [1.54, 1.807) is 0 Å². The Hall–Kier alpha value is -3.03. The molecule has 2 aliphatic heterocycles. The van der Waals surface area contributed by atoms with Gasteiger partial charge in [0.25, 0.3) is 0 Å². The molecule has 2 amide bonds. The second-order valence-electron chi connectivity index (χ2n) is 8.41. The van der Waals surface area contributed by atoms with Crippen molar-refractivity contribution in [1.82, 2.24) is 0 Å². The van der Waals surface area contributed by atoms with E-state index in [-0.39, 0.29) is 23.9 Å². The third-order valence-corrected chi connectivity index (χ3v) is 6.13. The van der Waals surface area contributed by atoms with Gasteiger partial charge in [0.1, 0.15) is 0 Å². The van der Waals surface area contributed by atoms with Crippen LogP contribution in [-0.2, 0) is 22.2 Å². The average molecular weight is 445 g/mol. The summed E-state index contributed by atoms with van der Waals surface area (Å²) in [5.41, 5.74) is 1.79. The van der Waals surface area contributed by atoms with E-state index < -0.39 is 17.6 Å². The fourth-order valence-corrected chi connectivity index (χ4v) is 4.39. The molecule has 4 rings (SSSR count). The topological polar surface area (TPSA) is 61.4 Å². The second kappa shape index (κ2) is 9.22. The van der Waals surface area contributed by atoms with Crippen molar-refractivity contribution in [3.05, 3.63) is 53.6 Å². The van der Waals surface area contributed by atoms with E-state index in [0.717, 1.165) is 55.7 Å². The average Bonchev–Trinajstić information content (AvgIpc) is 2.77. The molecule has 0 radical (unpaired) electrons. The van der Waals surface area contributed by atoms with Crippen LogP contribution < -0.4 is 15.5 Å². The van der Waals surface area contributed by atoms with Crippen LogP contribution in [0.2, 0.25) is 0 Å². The van der Waals surface area contributed by atoms with Gasteiger partial charge in [0, 0.05) is 31.1 Å². The van der Waals surface area contributed by atoms with E-state index in [9.17, 15) is 22.8 Å². The predicted octanol–water partition coefficient (Wildman–Crippen LogP) is 5.23. The number of rotatable bonds is 5. The maximum Gasteiger partial charge on any atom is 0.416 e. The lowest BCUT2D eigenvalue weighted by Gasteiger charge is -2.31. The summed E-state index contributed by atoms with van der Waals surface area (Å²) in [7, 11) is 0. The Morgan fingerprint density at radius 1 is 1.09 bits per heavy atom. The summed E-state index contributed by atoms with van der Waals surface area (Å²) in [6.07, 6.45) is -0.559. The quantitative estimate of drug-likeness (QED) is 0.663. The first-order chi connectivity index (χ1) is 15.3. The van der Waals surface area contributed by atoms with Gasteiger partial charge in [-0.1, -0.05) is 18.2 Å². The van der Waals surface area contributed by atoms with Crippen LogP contribution in [0.4, 0.5) is 30.2 Å². The number of carbonyl (C=O) groups excluding carboxylic acids is 2. The van der Waals surface area contributed by atoms with Gasteiger partial charge in [-0.3, -0.25) is 9.59 Å². The van der Waals surface area contributed by atoms with Gasteiger partial charge in [-0.05, 0) is 61.9 Å². The minimum atomic E-state index is -4.49. The van der Waals surface area contributed by atoms with E-state index in [0.29, 0.717) is 18.5 Å². The predicted molar refractivity (Wildman–Crippen MR) is 118 cm³/mol. The summed E-state index contributed by atoms with van der Waals surface area (Å²) in [4.78, 5) is 27.0. The molecule has 1 atom stereocenters. The summed E-state index contributed by atoms with van der Waals surface area (Å²) in [5, 5.41) is 5.54. The highest BCUT2D eigenvalue weighted by Crippen LogP contribution is 2.36. The fourth-order valence-electron chi connectivity index (χ4n) is 4.39. The Bertz CT molecular complexity index is 1000. The van der Waals surface area contributed by atoms with Gasteiger partial charge < -0.3 is 15.5 Å². The molecule has 32 heavy (non-hydrogen) atoms. The number of hydrogen-bond acceptors (Lipinski definition) is 3. The van der Waals surface area contributed by atoms with Crippen LogP contribution in [0, 0.1) is 5.92 Å². The molecule has 0 saturated carbocycles. The van der Waals surface area contributed by atoms with Gasteiger partial charge >= 0.3 is 6.18 Å². The zero-order valence-corrected chi connectivity index (χ0v) is 17.7. The van der Waals surface area contributed by atoms with Gasteiger partial charge in [-0.2, -0.15) is 13.2 Å². The van der Waals surface area contributed by atoms with E-state index in [1.807, 2.05) is 29.2 Å². The lowest BCUT2D eigenvalue weighted by molar-refractivity contribution is -0.137. The molecule has 0 aliphatic carbocycles. The summed E-state index contributed by atoms with van der Waals surface area (Å²) >= 11 is 0. The first-order valence-electron chi connectivity index (χ1n) is 11.0. The largest absolute Gasteiger partial charge is 0.416 e. The minimum absolute atomic E-state index is 0.0515. The third kappa shape index (κ3) is 5.06. The van der Waals surface area contributed by atoms with E-state index in [2.05, 4.69) is 10.6 Å². The molecular weight excluding hydrogens is 419 g/mol. The normalized spacial score (nSPS) is 18.7. The number of nitrogens with one attached hydrogen (secondary N) is 2. The van der Waals surface area contributed by atoms with Crippen LogP contribution >= 0.6 is 0 Å². The van der Waals surface area contributed by atoms with Crippen molar-refractivity contribution in [1.29, 1.82) is 0 Å². The number of piperidine rings is 1. The highest BCUT2D eigenvalue weighted by atomic mass is 19.4. The monoisotopic (exact) mass is 445 g/mol. The van der Waals surface area contributed by atoms with Crippen LogP contribution in [-0.4, -0.2) is 24.9 Å². The highest BCUT2D eigenvalue weighted by molar-refractivity contribution is 5.97. The third-order valence-electron chi connectivity index (χ3n) is 6.13. The van der Waals surface area contributed by atoms with E-state index in [1.165, 1.54) is 6.07 Å². The Morgan fingerprint density at radius 3 is 2.59 bits per heavy atom. The Morgan fingerprint density at radius 2 is 1.84 bits per heavy atom. The molecule has 1 saturated heterocycles. The summed E-state index contributed by atoms with van der Waals surface area (Å²) in [6.45, 7) is 1.49. The van der Waals surface area contributed by atoms with Crippen LogP contribution in [0.15, 0.2) is 42.5 Å². The standard InChI is InChI=1S/C24H26F3N3O2/c25-24(26,27)18-9-10-21(30-12-4-1-5-13-30)20(15-18)28-22(31)11-8-17-14-16-6-2-3-7-19(16)29-23(17)32/h2-3,6-7,9-10,15,17H,1,4-5,8,11-14H2,(H,28,31)(H,29,32). The molecule has 0 bridgehead atoms. The minimum Gasteiger partial charge on any atom is -0.370 e. The van der Waals surface area contributed by atoms with Crippen molar-refractivity contribution in [3.63, 3.8) is 0 Å². The van der Waals surface area contributed by atoms with Crippen LogP contribution in [0.25, 0.3) is 0 Å². The second-order valence-corrected chi connectivity index (χ2v) is 8.41. The van der Waals surface area contributed by atoms with Crippen molar-refractivity contribution in [2.45, 2.75) is 44.7 Å². The Labute approximate surface area is 185 Å². The molecule has 2 aliphatic rings. The number of para-hydroxylation sites is 1. The van der Waals surface area contributed by atoms with E-state index in [4.69, 9.17) is 0 Å². The fraction of sp³-hybridized carbons (Fsp3) is 0.417. The lowest BCUT2D eigenvalue weighted by atomic mass is 9.89. The summed E-state index contributed by atoms with van der Waals surface area (Å²) < 4.78 is 39.8. The number of fused-ring (bicyclic) bond motifs is 1. The first-order valence-corrected chi connectivity index (χ1v) is 11.0. The molecule has 0 aromatic heterocycles. The van der Waals surface area contributed by atoms with Crippen LogP contribution in [0.5, 0.6) is 0 Å². The van der Waals surface area contributed by atoms with Gasteiger partial charge in [0.15, 0.2) is 0 Å². The molecule has 8 heteroatoms. The number of hydrogen-bond donors (Lipinski definition) is 2. The zero-order chi connectivity index (χ0) is 22.7. The molecule has 2 aromatic carbocycles. The van der Waals surface area contributed by atoms with Gasteiger partial charge in [-0.25, -0.2) is 0 Å². The zero-order valence-electron chi connectivity index (χ0n) is 17.7. The van der Waals surface area contributed by atoms with Crippen molar-refractivity contribution in [3.8, 4) is 0 Å². The van der Waals surface area contributed by atoms with Crippen LogP contribution in [0.1, 0.15) is 43.2 Å². The summed E-state index contributed by atoms with van der Waals surface area (Å²) in [6, 6.07) is 11.0. The molecule has 1 fully saturated rings. The van der Waals surface area contributed by atoms with Crippen molar-refractivity contribution in [2.24, 2.45) is 5.92 Å². The Balaban J connectivity index is 1.45. The number of amides is 2. The Kier molecular flexibility index (Phi) is 6.39. The highest BCUT2D eigenvalue weighted by Gasteiger charge is 2.32. The number of alkyl halides is 3. The van der Waals surface area contributed by atoms with Gasteiger partial charge in [-0.15, -0.1) is 0 Å². The van der Waals surface area contributed by atoms with Gasteiger partial charge in [0.05, 0.1) is 16.9 Å². The van der Waals surface area contributed by atoms with Crippen molar-refractivity contribution < 1.29 is 22.8 Å². The number of benzene rings is 2. The molecule has 5 nitrogen and oxygen atoms in total. The maximum atomic E-state index is 13.3. The smallest absolute Gasteiger partial charge is 0.370 e.